The van der Waals surface area contributed by atoms with Crippen molar-refractivity contribution in [3.05, 3.63) is 0 Å². The van der Waals surface area contributed by atoms with Crippen LogP contribution in [0.15, 0.2) is 0 Å². The third-order valence-electron chi connectivity index (χ3n) is 4.50. The van der Waals surface area contributed by atoms with Crippen molar-refractivity contribution in [2.45, 2.75) is 84.7 Å². The molecule has 0 amide bonds. The molecule has 1 fully saturated rings. The summed E-state index contributed by atoms with van der Waals surface area (Å²) in [7, 11) is 0. The lowest BCUT2D eigenvalue weighted by Crippen LogP contribution is -2.58. The average Bonchev–Trinajstić information content (AvgIpc) is 2.39. The number of hydrogen-bond acceptors (Lipinski definition) is 2. The zero-order valence-corrected chi connectivity index (χ0v) is 13.8. The number of piperazine rings is 1. The molecule has 1 aliphatic rings. The van der Waals surface area contributed by atoms with Crippen LogP contribution in [0.25, 0.3) is 0 Å². The lowest BCUT2D eigenvalue weighted by Gasteiger charge is -2.42. The van der Waals surface area contributed by atoms with Crippen molar-refractivity contribution in [1.29, 1.82) is 0 Å². The van der Waals surface area contributed by atoms with Crippen molar-refractivity contribution >= 4 is 0 Å². The van der Waals surface area contributed by atoms with Crippen molar-refractivity contribution in [3.63, 3.8) is 0 Å². The van der Waals surface area contributed by atoms with Gasteiger partial charge >= 0.3 is 0 Å². The Hall–Kier alpha value is -0.0800. The minimum atomic E-state index is 0.732. The Morgan fingerprint density at radius 3 is 2.42 bits per heavy atom. The molecule has 2 atom stereocenters. The van der Waals surface area contributed by atoms with Gasteiger partial charge < -0.3 is 5.32 Å². The van der Waals surface area contributed by atoms with E-state index in [9.17, 15) is 0 Å². The van der Waals surface area contributed by atoms with Crippen molar-refractivity contribution in [2.24, 2.45) is 5.92 Å². The molecule has 19 heavy (non-hydrogen) atoms. The lowest BCUT2D eigenvalue weighted by atomic mass is 9.96. The first-order valence-corrected chi connectivity index (χ1v) is 8.66. The smallest absolute Gasteiger partial charge is 0.0244 e. The molecular formula is C17H36N2. The van der Waals surface area contributed by atoms with Gasteiger partial charge in [0.2, 0.25) is 0 Å². The molecular weight excluding hydrogens is 232 g/mol. The van der Waals surface area contributed by atoms with Gasteiger partial charge in [-0.15, -0.1) is 0 Å². The summed E-state index contributed by atoms with van der Waals surface area (Å²) in [6.45, 7) is 13.1. The molecule has 2 unspecified atom stereocenters. The van der Waals surface area contributed by atoms with E-state index in [4.69, 9.17) is 0 Å². The van der Waals surface area contributed by atoms with Gasteiger partial charge in [-0.05, 0) is 25.3 Å². The molecule has 1 N–H and O–H groups in total. The Kier molecular flexibility index (Phi) is 8.72. The van der Waals surface area contributed by atoms with Gasteiger partial charge in [0.1, 0.15) is 0 Å². The van der Waals surface area contributed by atoms with Gasteiger partial charge in [-0.1, -0.05) is 59.8 Å². The Bertz CT molecular complexity index is 215. The second-order valence-corrected chi connectivity index (χ2v) is 6.61. The highest BCUT2D eigenvalue weighted by atomic mass is 15.2. The highest BCUT2D eigenvalue weighted by Gasteiger charge is 2.28. The molecule has 2 heteroatoms. The van der Waals surface area contributed by atoms with Crippen LogP contribution in [-0.2, 0) is 0 Å². The van der Waals surface area contributed by atoms with E-state index in [0.29, 0.717) is 0 Å². The zero-order valence-electron chi connectivity index (χ0n) is 13.8. The molecule has 0 aromatic rings. The molecule has 0 bridgehead atoms. The molecule has 114 valence electrons. The SMILES string of the molecule is CCCCCCCN1CC(CCC)NCC1C(C)C. The predicted molar refractivity (Wildman–Crippen MR) is 85.7 cm³/mol. The molecule has 0 aliphatic carbocycles. The van der Waals surface area contributed by atoms with Crippen molar-refractivity contribution in [3.8, 4) is 0 Å². The Morgan fingerprint density at radius 2 is 1.79 bits per heavy atom. The van der Waals surface area contributed by atoms with E-state index in [-0.39, 0.29) is 0 Å². The third-order valence-corrected chi connectivity index (χ3v) is 4.50. The first-order chi connectivity index (χ1) is 9.19. The standard InChI is InChI=1S/C17H36N2/c1-5-7-8-9-10-12-19-14-16(11-6-2)18-13-17(19)15(3)4/h15-18H,5-14H2,1-4H3. The van der Waals surface area contributed by atoms with Gasteiger partial charge in [0, 0.05) is 25.2 Å². The Labute approximate surface area is 121 Å². The summed E-state index contributed by atoms with van der Waals surface area (Å²) in [5.41, 5.74) is 0. The number of hydrogen-bond donors (Lipinski definition) is 1. The number of unbranched alkanes of at least 4 members (excludes halogenated alkanes) is 4. The maximum absolute atomic E-state index is 3.75. The molecule has 1 saturated heterocycles. The molecule has 1 aliphatic heterocycles. The van der Waals surface area contributed by atoms with Crippen LogP contribution >= 0.6 is 0 Å². The van der Waals surface area contributed by atoms with Gasteiger partial charge in [0.25, 0.3) is 0 Å². The summed E-state index contributed by atoms with van der Waals surface area (Å²) in [6.07, 6.45) is 9.62. The Balaban J connectivity index is 2.34. The van der Waals surface area contributed by atoms with Gasteiger partial charge in [-0.3, -0.25) is 4.90 Å². The summed E-state index contributed by atoms with van der Waals surface area (Å²) in [5.74, 6) is 0.769. The summed E-state index contributed by atoms with van der Waals surface area (Å²) in [5, 5.41) is 3.75. The van der Waals surface area contributed by atoms with Crippen LogP contribution in [0.3, 0.4) is 0 Å². The van der Waals surface area contributed by atoms with E-state index >= 15 is 0 Å². The highest BCUT2D eigenvalue weighted by Crippen LogP contribution is 2.18. The number of nitrogens with zero attached hydrogens (tertiary/aromatic N) is 1. The lowest BCUT2D eigenvalue weighted by molar-refractivity contribution is 0.0936. The van der Waals surface area contributed by atoms with E-state index < -0.39 is 0 Å². The molecule has 0 aromatic carbocycles. The number of rotatable bonds is 9. The summed E-state index contributed by atoms with van der Waals surface area (Å²) >= 11 is 0. The fraction of sp³-hybridized carbons (Fsp3) is 1.00. The number of nitrogens with one attached hydrogen (secondary N) is 1. The van der Waals surface area contributed by atoms with E-state index in [1.54, 1.807) is 0 Å². The normalized spacial score (nSPS) is 25.1. The monoisotopic (exact) mass is 268 g/mol. The molecule has 1 heterocycles. The minimum Gasteiger partial charge on any atom is -0.311 e. The van der Waals surface area contributed by atoms with E-state index in [1.807, 2.05) is 0 Å². The van der Waals surface area contributed by atoms with Gasteiger partial charge in [0.05, 0.1) is 0 Å². The quantitative estimate of drug-likeness (QED) is 0.635. The second-order valence-electron chi connectivity index (χ2n) is 6.61. The van der Waals surface area contributed by atoms with Crippen molar-refractivity contribution in [2.75, 3.05) is 19.6 Å². The second kappa shape index (κ2) is 9.77. The first kappa shape index (κ1) is 17.0. The molecule has 0 spiro atoms. The molecule has 0 saturated carbocycles. The van der Waals surface area contributed by atoms with Crippen LogP contribution in [0, 0.1) is 5.92 Å². The fourth-order valence-corrected chi connectivity index (χ4v) is 3.27. The van der Waals surface area contributed by atoms with Gasteiger partial charge in [-0.2, -0.15) is 0 Å². The van der Waals surface area contributed by atoms with Crippen LogP contribution in [0.4, 0.5) is 0 Å². The van der Waals surface area contributed by atoms with E-state index in [1.165, 1.54) is 64.6 Å². The minimum absolute atomic E-state index is 0.732. The van der Waals surface area contributed by atoms with E-state index in [0.717, 1.165) is 18.0 Å². The van der Waals surface area contributed by atoms with Crippen molar-refractivity contribution < 1.29 is 0 Å². The molecule has 0 radical (unpaired) electrons. The van der Waals surface area contributed by atoms with Crippen LogP contribution in [0.1, 0.15) is 72.6 Å². The van der Waals surface area contributed by atoms with Crippen molar-refractivity contribution in [1.82, 2.24) is 10.2 Å². The average molecular weight is 268 g/mol. The zero-order chi connectivity index (χ0) is 14.1. The largest absolute Gasteiger partial charge is 0.311 e. The fourth-order valence-electron chi connectivity index (χ4n) is 3.27. The van der Waals surface area contributed by atoms with Gasteiger partial charge in [0.15, 0.2) is 0 Å². The topological polar surface area (TPSA) is 15.3 Å². The first-order valence-electron chi connectivity index (χ1n) is 8.66. The summed E-state index contributed by atoms with van der Waals surface area (Å²) in [4.78, 5) is 2.77. The Morgan fingerprint density at radius 1 is 1.05 bits per heavy atom. The molecule has 1 rings (SSSR count). The van der Waals surface area contributed by atoms with Gasteiger partial charge in [-0.25, -0.2) is 0 Å². The van der Waals surface area contributed by atoms with E-state index in [2.05, 4.69) is 37.9 Å². The molecule has 2 nitrogen and oxygen atoms in total. The summed E-state index contributed by atoms with van der Waals surface area (Å²) in [6, 6.07) is 1.48. The summed E-state index contributed by atoms with van der Waals surface area (Å²) < 4.78 is 0. The van der Waals surface area contributed by atoms with Crippen LogP contribution < -0.4 is 5.32 Å². The maximum Gasteiger partial charge on any atom is 0.0244 e. The van der Waals surface area contributed by atoms with Crippen LogP contribution in [0.2, 0.25) is 0 Å². The van der Waals surface area contributed by atoms with Crippen LogP contribution in [0.5, 0.6) is 0 Å². The maximum atomic E-state index is 3.75. The highest BCUT2D eigenvalue weighted by molar-refractivity contribution is 4.87. The third kappa shape index (κ3) is 6.27. The van der Waals surface area contributed by atoms with Crippen LogP contribution in [-0.4, -0.2) is 36.6 Å². The predicted octanol–water partition coefficient (Wildman–Crippen LogP) is 4.06. The molecule has 0 aromatic heterocycles.